The van der Waals surface area contributed by atoms with Crippen LogP contribution in [0, 0.1) is 5.92 Å². The van der Waals surface area contributed by atoms with Gasteiger partial charge in [0.1, 0.15) is 5.60 Å². The predicted molar refractivity (Wildman–Crippen MR) is 75.8 cm³/mol. The summed E-state index contributed by atoms with van der Waals surface area (Å²) in [4.78, 5) is 14.3. The first-order valence-electron chi connectivity index (χ1n) is 7.04. The third-order valence-electron chi connectivity index (χ3n) is 4.22. The molecule has 1 atom stereocenters. The molecule has 1 fully saturated rings. The molecule has 1 aromatic carbocycles. The van der Waals surface area contributed by atoms with Gasteiger partial charge in [0.15, 0.2) is 0 Å². The molecule has 104 valence electrons. The van der Waals surface area contributed by atoms with Gasteiger partial charge in [0, 0.05) is 0 Å². The van der Waals surface area contributed by atoms with Crippen molar-refractivity contribution in [2.24, 2.45) is 5.92 Å². The van der Waals surface area contributed by atoms with Gasteiger partial charge in [-0.2, -0.15) is 0 Å². The Morgan fingerprint density at radius 2 is 1.89 bits per heavy atom. The normalized spacial score (nSPS) is 19.1. The highest BCUT2D eigenvalue weighted by atomic mass is 16.3. The lowest BCUT2D eigenvalue weighted by Crippen LogP contribution is -2.66. The molecule has 1 saturated heterocycles. The first-order valence-corrected chi connectivity index (χ1v) is 7.04. The molecule has 1 aromatic rings. The average molecular weight is 261 g/mol. The zero-order valence-corrected chi connectivity index (χ0v) is 12.0. The average Bonchev–Trinajstić information content (AvgIpc) is 2.36. The number of carbonyl (C=O) groups is 1. The van der Waals surface area contributed by atoms with Gasteiger partial charge in [0.2, 0.25) is 5.91 Å². The standard InChI is InChI=1S/C16H23NO2/c1-4-14(13-8-6-5-7-9-13)15(18)17-10-16(19,11-17)12(2)3/h5-9,12,14,19H,4,10-11H2,1-3H3. The number of amides is 1. The van der Waals surface area contributed by atoms with Gasteiger partial charge in [-0.1, -0.05) is 51.1 Å². The van der Waals surface area contributed by atoms with E-state index in [2.05, 4.69) is 0 Å². The molecule has 0 saturated carbocycles. The zero-order chi connectivity index (χ0) is 14.0. The summed E-state index contributed by atoms with van der Waals surface area (Å²) < 4.78 is 0. The Morgan fingerprint density at radius 1 is 1.32 bits per heavy atom. The molecular weight excluding hydrogens is 238 g/mol. The van der Waals surface area contributed by atoms with E-state index in [0.717, 1.165) is 12.0 Å². The summed E-state index contributed by atoms with van der Waals surface area (Å²) >= 11 is 0. The quantitative estimate of drug-likeness (QED) is 0.904. The number of nitrogens with zero attached hydrogens (tertiary/aromatic N) is 1. The zero-order valence-electron chi connectivity index (χ0n) is 12.0. The number of hydrogen-bond acceptors (Lipinski definition) is 2. The molecule has 2 rings (SSSR count). The summed E-state index contributed by atoms with van der Waals surface area (Å²) in [5.41, 5.74) is 0.375. The molecule has 0 aromatic heterocycles. The minimum atomic E-state index is -0.690. The Labute approximate surface area is 115 Å². The second-order valence-corrected chi connectivity index (χ2v) is 5.82. The van der Waals surface area contributed by atoms with Crippen molar-refractivity contribution in [3.63, 3.8) is 0 Å². The number of benzene rings is 1. The number of aliphatic hydroxyl groups is 1. The van der Waals surface area contributed by atoms with Gasteiger partial charge in [0.25, 0.3) is 0 Å². The molecule has 1 amide bonds. The second kappa shape index (κ2) is 5.33. The lowest BCUT2D eigenvalue weighted by molar-refractivity contribution is -0.165. The molecular formula is C16H23NO2. The molecule has 1 N–H and O–H groups in total. The maximum Gasteiger partial charge on any atom is 0.230 e. The van der Waals surface area contributed by atoms with Crippen LogP contribution in [-0.4, -0.2) is 34.6 Å². The Bertz CT molecular complexity index is 435. The maximum absolute atomic E-state index is 12.5. The predicted octanol–water partition coefficient (Wildman–Crippen LogP) is 2.41. The van der Waals surface area contributed by atoms with Crippen LogP contribution in [0.4, 0.5) is 0 Å². The van der Waals surface area contributed by atoms with Crippen LogP contribution in [0.15, 0.2) is 30.3 Å². The lowest BCUT2D eigenvalue weighted by atomic mass is 9.81. The van der Waals surface area contributed by atoms with Crippen LogP contribution in [0.3, 0.4) is 0 Å². The van der Waals surface area contributed by atoms with Gasteiger partial charge >= 0.3 is 0 Å². The third-order valence-corrected chi connectivity index (χ3v) is 4.22. The van der Waals surface area contributed by atoms with E-state index in [4.69, 9.17) is 0 Å². The minimum Gasteiger partial charge on any atom is -0.386 e. The van der Waals surface area contributed by atoms with Crippen LogP contribution in [0.2, 0.25) is 0 Å². The SMILES string of the molecule is CCC(C(=O)N1CC(O)(C(C)C)C1)c1ccccc1. The van der Waals surface area contributed by atoms with Gasteiger partial charge in [-0.15, -0.1) is 0 Å². The monoisotopic (exact) mass is 261 g/mol. The summed E-state index contributed by atoms with van der Waals surface area (Å²) in [6.07, 6.45) is 0.791. The van der Waals surface area contributed by atoms with Crippen molar-refractivity contribution in [1.29, 1.82) is 0 Å². The van der Waals surface area contributed by atoms with E-state index in [0.29, 0.717) is 13.1 Å². The van der Waals surface area contributed by atoms with Crippen molar-refractivity contribution in [2.45, 2.75) is 38.7 Å². The van der Waals surface area contributed by atoms with E-state index < -0.39 is 5.60 Å². The van der Waals surface area contributed by atoms with Crippen LogP contribution in [0.1, 0.15) is 38.7 Å². The highest BCUT2D eigenvalue weighted by molar-refractivity contribution is 5.84. The van der Waals surface area contributed by atoms with Crippen LogP contribution < -0.4 is 0 Å². The van der Waals surface area contributed by atoms with Crippen LogP contribution in [0.25, 0.3) is 0 Å². The van der Waals surface area contributed by atoms with Gasteiger partial charge in [-0.3, -0.25) is 4.79 Å². The molecule has 19 heavy (non-hydrogen) atoms. The van der Waals surface area contributed by atoms with Crippen molar-refractivity contribution < 1.29 is 9.90 Å². The number of β-amino-alcohol motifs (C(OH)–C–C–N with tert-alkyl or cyclic N) is 1. The first kappa shape index (κ1) is 14.1. The summed E-state index contributed by atoms with van der Waals surface area (Å²) in [6.45, 7) is 6.95. The highest BCUT2D eigenvalue weighted by Gasteiger charge is 2.46. The summed E-state index contributed by atoms with van der Waals surface area (Å²) in [5, 5.41) is 10.2. The number of carbonyl (C=O) groups excluding carboxylic acids is 1. The summed E-state index contributed by atoms with van der Waals surface area (Å²) in [5.74, 6) is 0.241. The van der Waals surface area contributed by atoms with Crippen LogP contribution in [0.5, 0.6) is 0 Å². The van der Waals surface area contributed by atoms with Crippen molar-refractivity contribution in [2.75, 3.05) is 13.1 Å². The van der Waals surface area contributed by atoms with Gasteiger partial charge in [-0.05, 0) is 17.9 Å². The number of rotatable bonds is 4. The first-order chi connectivity index (χ1) is 8.98. The smallest absolute Gasteiger partial charge is 0.230 e. The minimum absolute atomic E-state index is 0.0853. The molecule has 0 spiro atoms. The number of hydrogen-bond donors (Lipinski definition) is 1. The van der Waals surface area contributed by atoms with Crippen molar-refractivity contribution in [3.8, 4) is 0 Å². The van der Waals surface area contributed by atoms with E-state index in [1.54, 1.807) is 4.90 Å². The molecule has 0 radical (unpaired) electrons. The van der Waals surface area contributed by atoms with Crippen LogP contribution in [-0.2, 0) is 4.79 Å². The molecule has 0 aliphatic carbocycles. The molecule has 1 aliphatic heterocycles. The molecule has 1 heterocycles. The van der Waals surface area contributed by atoms with Crippen LogP contribution >= 0.6 is 0 Å². The molecule has 3 heteroatoms. The van der Waals surface area contributed by atoms with E-state index in [1.165, 1.54) is 0 Å². The van der Waals surface area contributed by atoms with E-state index in [1.807, 2.05) is 51.1 Å². The number of likely N-dealkylation sites (tertiary alicyclic amines) is 1. The van der Waals surface area contributed by atoms with Gasteiger partial charge in [0.05, 0.1) is 19.0 Å². The largest absolute Gasteiger partial charge is 0.386 e. The van der Waals surface area contributed by atoms with Gasteiger partial charge in [-0.25, -0.2) is 0 Å². The Morgan fingerprint density at radius 3 is 2.37 bits per heavy atom. The Hall–Kier alpha value is -1.35. The highest BCUT2D eigenvalue weighted by Crippen LogP contribution is 2.32. The van der Waals surface area contributed by atoms with Gasteiger partial charge < -0.3 is 10.0 Å². The fraction of sp³-hybridized carbons (Fsp3) is 0.562. The summed E-state index contributed by atoms with van der Waals surface area (Å²) in [7, 11) is 0. The van der Waals surface area contributed by atoms with E-state index >= 15 is 0 Å². The van der Waals surface area contributed by atoms with Crippen molar-refractivity contribution >= 4 is 5.91 Å². The van der Waals surface area contributed by atoms with E-state index in [9.17, 15) is 9.90 Å². The topological polar surface area (TPSA) is 40.5 Å². The molecule has 1 unspecified atom stereocenters. The maximum atomic E-state index is 12.5. The fourth-order valence-electron chi connectivity index (χ4n) is 2.59. The van der Waals surface area contributed by atoms with Crippen molar-refractivity contribution in [3.05, 3.63) is 35.9 Å². The lowest BCUT2D eigenvalue weighted by Gasteiger charge is -2.50. The second-order valence-electron chi connectivity index (χ2n) is 5.82. The summed E-state index contributed by atoms with van der Waals surface area (Å²) in [6, 6.07) is 9.89. The van der Waals surface area contributed by atoms with Crippen molar-refractivity contribution in [1.82, 2.24) is 4.90 Å². The molecule has 1 aliphatic rings. The Kier molecular flexibility index (Phi) is 3.95. The molecule has 0 bridgehead atoms. The Balaban J connectivity index is 2.04. The fourth-order valence-corrected chi connectivity index (χ4v) is 2.59. The third kappa shape index (κ3) is 2.66. The molecule has 3 nitrogen and oxygen atoms in total. The van der Waals surface area contributed by atoms with E-state index in [-0.39, 0.29) is 17.7 Å².